The van der Waals surface area contributed by atoms with Crippen LogP contribution in [0, 0.1) is 0 Å². The van der Waals surface area contributed by atoms with E-state index in [0.717, 1.165) is 42.5 Å². The number of halogens is 1. The largest absolute Gasteiger partial charge is 0.484 e. The molecule has 0 aliphatic carbocycles. The van der Waals surface area contributed by atoms with Gasteiger partial charge in [-0.05, 0) is 48.8 Å². The Morgan fingerprint density at radius 2 is 1.96 bits per heavy atom. The van der Waals surface area contributed by atoms with Crippen molar-refractivity contribution in [3.63, 3.8) is 0 Å². The summed E-state index contributed by atoms with van der Waals surface area (Å²) in [4.78, 5) is 16.8. The molecule has 0 unspecified atom stereocenters. The zero-order chi connectivity index (χ0) is 18.6. The van der Waals surface area contributed by atoms with Gasteiger partial charge in [-0.2, -0.15) is 10.1 Å². The van der Waals surface area contributed by atoms with Crippen LogP contribution in [-0.4, -0.2) is 40.4 Å². The second kappa shape index (κ2) is 9.03. The second-order valence-electron chi connectivity index (χ2n) is 6.79. The molecule has 4 rings (SSSR count). The monoisotopic (exact) mass is 401 g/mol. The molecule has 28 heavy (non-hydrogen) atoms. The molecule has 1 saturated heterocycles. The number of aryl methyl sites for hydroxylation is 1. The third kappa shape index (κ3) is 4.61. The molecular weight excluding hydrogens is 378 g/mol. The van der Waals surface area contributed by atoms with Crippen molar-refractivity contribution in [2.24, 2.45) is 7.05 Å². The van der Waals surface area contributed by atoms with Gasteiger partial charge < -0.3 is 10.1 Å². The molecule has 1 aliphatic heterocycles. The lowest BCUT2D eigenvalue weighted by Crippen LogP contribution is -2.27. The highest BCUT2D eigenvalue weighted by molar-refractivity contribution is 5.90. The molecular formula is C20H24ClN5O2. The quantitative estimate of drug-likeness (QED) is 0.687. The highest BCUT2D eigenvalue weighted by atomic mass is 35.5. The van der Waals surface area contributed by atoms with E-state index in [1.54, 1.807) is 11.7 Å². The smallest absolute Gasteiger partial charge is 0.264 e. The molecule has 2 aromatic carbocycles. The van der Waals surface area contributed by atoms with Crippen LogP contribution in [0.25, 0.3) is 10.8 Å². The molecule has 8 heteroatoms. The summed E-state index contributed by atoms with van der Waals surface area (Å²) in [5.74, 6) is 2.00. The molecule has 1 aliphatic rings. The van der Waals surface area contributed by atoms with Gasteiger partial charge in [0, 0.05) is 13.0 Å². The van der Waals surface area contributed by atoms with Gasteiger partial charge in [-0.1, -0.05) is 30.3 Å². The van der Waals surface area contributed by atoms with Crippen LogP contribution in [-0.2, 0) is 11.8 Å². The molecule has 2 N–H and O–H groups in total. The van der Waals surface area contributed by atoms with Gasteiger partial charge in [0.2, 0.25) is 5.95 Å². The number of carbonyl (C=O) groups excluding carboxylic acids is 1. The number of hydrogen-bond donors (Lipinski definition) is 2. The lowest BCUT2D eigenvalue weighted by molar-refractivity contribution is -0.118. The fourth-order valence-corrected chi connectivity index (χ4v) is 3.33. The maximum Gasteiger partial charge on any atom is 0.264 e. The van der Waals surface area contributed by atoms with Crippen LogP contribution in [0.15, 0.2) is 42.5 Å². The normalized spacial score (nSPS) is 14.5. The van der Waals surface area contributed by atoms with Gasteiger partial charge in [-0.3, -0.25) is 10.1 Å². The fourth-order valence-electron chi connectivity index (χ4n) is 3.33. The van der Waals surface area contributed by atoms with E-state index in [2.05, 4.69) is 20.7 Å². The van der Waals surface area contributed by atoms with Crippen molar-refractivity contribution in [1.82, 2.24) is 20.1 Å². The summed E-state index contributed by atoms with van der Waals surface area (Å²) < 4.78 is 7.25. The Labute approximate surface area is 169 Å². The molecule has 0 atom stereocenters. The van der Waals surface area contributed by atoms with Crippen molar-refractivity contribution in [2.75, 3.05) is 25.0 Å². The highest BCUT2D eigenvalue weighted by Gasteiger charge is 2.21. The summed E-state index contributed by atoms with van der Waals surface area (Å²) in [5, 5.41) is 12.8. The molecule has 2 heterocycles. The first-order chi connectivity index (χ1) is 13.2. The number of aromatic nitrogens is 3. The van der Waals surface area contributed by atoms with E-state index in [0.29, 0.717) is 17.6 Å². The van der Waals surface area contributed by atoms with Crippen molar-refractivity contribution in [3.8, 4) is 5.75 Å². The molecule has 0 spiro atoms. The number of anilines is 1. The third-order valence-electron chi connectivity index (χ3n) is 4.83. The fraction of sp³-hybridized carbons (Fsp3) is 0.350. The van der Waals surface area contributed by atoms with E-state index in [-0.39, 0.29) is 24.9 Å². The number of piperidine rings is 1. The number of nitrogens with zero attached hydrogens (tertiary/aromatic N) is 3. The number of ether oxygens (including phenoxy) is 1. The number of benzene rings is 2. The molecule has 7 nitrogen and oxygen atoms in total. The van der Waals surface area contributed by atoms with Crippen LogP contribution in [0.2, 0.25) is 0 Å². The van der Waals surface area contributed by atoms with Crippen molar-refractivity contribution >= 4 is 35.0 Å². The summed E-state index contributed by atoms with van der Waals surface area (Å²) in [6, 6.07) is 13.8. The molecule has 1 aromatic heterocycles. The van der Waals surface area contributed by atoms with E-state index in [9.17, 15) is 4.79 Å². The molecule has 1 amide bonds. The molecule has 0 bridgehead atoms. The third-order valence-corrected chi connectivity index (χ3v) is 4.83. The Morgan fingerprint density at radius 1 is 1.21 bits per heavy atom. The van der Waals surface area contributed by atoms with E-state index < -0.39 is 0 Å². The first-order valence-corrected chi connectivity index (χ1v) is 9.22. The minimum absolute atomic E-state index is 0. The van der Waals surface area contributed by atoms with E-state index >= 15 is 0 Å². The van der Waals surface area contributed by atoms with Gasteiger partial charge in [-0.15, -0.1) is 12.4 Å². The van der Waals surface area contributed by atoms with Crippen LogP contribution >= 0.6 is 12.4 Å². The summed E-state index contributed by atoms with van der Waals surface area (Å²) in [6.45, 7) is 1.88. The average Bonchev–Trinajstić information content (AvgIpc) is 3.07. The summed E-state index contributed by atoms with van der Waals surface area (Å²) in [7, 11) is 1.79. The number of hydrogen-bond acceptors (Lipinski definition) is 5. The maximum atomic E-state index is 12.3. The number of nitrogens with one attached hydrogen (secondary N) is 2. The van der Waals surface area contributed by atoms with Crippen molar-refractivity contribution in [1.29, 1.82) is 0 Å². The van der Waals surface area contributed by atoms with Gasteiger partial charge in [0.15, 0.2) is 12.4 Å². The zero-order valence-electron chi connectivity index (χ0n) is 15.7. The number of amides is 1. The minimum Gasteiger partial charge on any atom is -0.484 e. The number of fused-ring (bicyclic) bond motifs is 1. The Balaban J connectivity index is 0.00000225. The average molecular weight is 402 g/mol. The summed E-state index contributed by atoms with van der Waals surface area (Å²) >= 11 is 0. The van der Waals surface area contributed by atoms with E-state index in [1.165, 1.54) is 0 Å². The highest BCUT2D eigenvalue weighted by Crippen LogP contribution is 2.23. The van der Waals surface area contributed by atoms with Gasteiger partial charge in [0.1, 0.15) is 5.75 Å². The van der Waals surface area contributed by atoms with Gasteiger partial charge >= 0.3 is 0 Å². The topological polar surface area (TPSA) is 81.1 Å². The molecule has 0 saturated carbocycles. The summed E-state index contributed by atoms with van der Waals surface area (Å²) in [5.41, 5.74) is 0. The first kappa shape index (κ1) is 20.1. The minimum atomic E-state index is -0.254. The number of rotatable bonds is 5. The SMILES string of the molecule is Cl.Cn1nc(C2CCNCC2)nc1NC(=O)COc1ccc2ccccc2c1. The first-order valence-electron chi connectivity index (χ1n) is 9.22. The van der Waals surface area contributed by atoms with Gasteiger partial charge in [0.05, 0.1) is 0 Å². The predicted molar refractivity (Wildman–Crippen MR) is 111 cm³/mol. The van der Waals surface area contributed by atoms with Crippen LogP contribution in [0.3, 0.4) is 0 Å². The Hall–Kier alpha value is -2.64. The number of carbonyl (C=O) groups is 1. The predicted octanol–water partition coefficient (Wildman–Crippen LogP) is 2.87. The van der Waals surface area contributed by atoms with Crippen molar-refractivity contribution < 1.29 is 9.53 Å². The second-order valence-corrected chi connectivity index (χ2v) is 6.79. The van der Waals surface area contributed by atoms with Crippen molar-refractivity contribution in [3.05, 3.63) is 48.3 Å². The lowest BCUT2D eigenvalue weighted by Gasteiger charge is -2.19. The lowest BCUT2D eigenvalue weighted by atomic mass is 9.98. The van der Waals surface area contributed by atoms with Crippen molar-refractivity contribution in [2.45, 2.75) is 18.8 Å². The van der Waals surface area contributed by atoms with E-state index in [1.807, 2.05) is 42.5 Å². The Bertz CT molecular complexity index is 953. The van der Waals surface area contributed by atoms with Crippen LogP contribution in [0.1, 0.15) is 24.6 Å². The molecule has 0 radical (unpaired) electrons. The standard InChI is InChI=1S/C20H23N5O2.ClH/c1-25-20(23-19(24-25)15-8-10-21-11-9-15)22-18(26)13-27-17-7-6-14-4-2-3-5-16(14)12-17;/h2-7,12,15,21H,8-11,13H2,1H3,(H,22,23,24,26);1H. The zero-order valence-corrected chi connectivity index (χ0v) is 16.5. The maximum absolute atomic E-state index is 12.3. The van der Waals surface area contributed by atoms with Crippen LogP contribution in [0.5, 0.6) is 5.75 Å². The van der Waals surface area contributed by atoms with E-state index in [4.69, 9.17) is 4.74 Å². The van der Waals surface area contributed by atoms with Crippen LogP contribution in [0.4, 0.5) is 5.95 Å². The Morgan fingerprint density at radius 3 is 2.75 bits per heavy atom. The van der Waals surface area contributed by atoms with Gasteiger partial charge in [-0.25, -0.2) is 4.68 Å². The molecule has 1 fully saturated rings. The van der Waals surface area contributed by atoms with Gasteiger partial charge in [0.25, 0.3) is 5.91 Å². The summed E-state index contributed by atoms with van der Waals surface area (Å²) in [6.07, 6.45) is 2.03. The Kier molecular flexibility index (Phi) is 6.49. The van der Waals surface area contributed by atoms with Crippen LogP contribution < -0.4 is 15.4 Å². The molecule has 3 aromatic rings. The molecule has 148 valence electrons.